The monoisotopic (exact) mass is 288 g/mol. The Bertz CT molecular complexity index is 423. The number of hydrogen-bond acceptors (Lipinski definition) is 4. The summed E-state index contributed by atoms with van der Waals surface area (Å²) in [6, 6.07) is 3.00. The van der Waals surface area contributed by atoms with E-state index in [1.165, 1.54) is 6.07 Å². The molecule has 8 heteroatoms. The molecule has 0 spiro atoms. The second-order valence-electron chi connectivity index (χ2n) is 2.32. The Kier molecular flexibility index (Phi) is 5.56. The van der Waals surface area contributed by atoms with Gasteiger partial charge in [0.2, 0.25) is 0 Å². The van der Waals surface area contributed by atoms with E-state index in [2.05, 4.69) is 20.9 Å². The minimum atomic E-state index is -4.48. The first kappa shape index (κ1) is 14.3. The molecule has 1 aromatic rings. The molecule has 0 unspecified atom stereocenters. The molecule has 0 saturated heterocycles. The Morgan fingerprint density at radius 2 is 2.07 bits per heavy atom. The van der Waals surface area contributed by atoms with Crippen LogP contribution in [-0.4, -0.2) is 18.0 Å². The van der Waals surface area contributed by atoms with E-state index in [0.29, 0.717) is 5.69 Å². The van der Waals surface area contributed by atoms with Gasteiger partial charge >= 0.3 is 29.6 Å². The predicted octanol–water partition coefficient (Wildman–Crippen LogP) is -1.97. The number of hydrogen-bond donors (Lipinski definition) is 1. The van der Waals surface area contributed by atoms with E-state index >= 15 is 0 Å². The van der Waals surface area contributed by atoms with Gasteiger partial charge in [-0.05, 0) is 35.0 Å². The van der Waals surface area contributed by atoms with Crippen LogP contribution in [-0.2, 0) is 10.3 Å². The fourth-order valence-corrected chi connectivity index (χ4v) is 1.32. The molecule has 0 radical (unpaired) electrons. The fourth-order valence-electron chi connectivity index (χ4n) is 0.729. The van der Waals surface area contributed by atoms with Crippen LogP contribution in [0, 0.1) is 6.92 Å². The zero-order chi connectivity index (χ0) is 10.1. The smallest absolute Gasteiger partial charge is 0.731 e. The van der Waals surface area contributed by atoms with Crippen LogP contribution in [0.5, 0.6) is 0 Å². The van der Waals surface area contributed by atoms with Gasteiger partial charge in [0.25, 0.3) is 0 Å². The van der Waals surface area contributed by atoms with Gasteiger partial charge < -0.3 is 4.55 Å². The number of halogens is 1. The molecule has 1 heterocycles. The topological polar surface area (TPSA) is 82.1 Å². The minimum Gasteiger partial charge on any atom is -0.731 e. The van der Waals surface area contributed by atoms with Crippen molar-refractivity contribution in [2.24, 2.45) is 0 Å². The number of aryl methyl sites for hydroxylation is 1. The summed E-state index contributed by atoms with van der Waals surface area (Å²) >= 11 is 3.19. The largest absolute Gasteiger partial charge is 1.00 e. The second-order valence-corrected chi connectivity index (χ2v) is 4.29. The summed E-state index contributed by atoms with van der Waals surface area (Å²) < 4.78 is 33.3. The van der Waals surface area contributed by atoms with Crippen molar-refractivity contribution >= 4 is 32.1 Å². The van der Waals surface area contributed by atoms with Crippen molar-refractivity contribution in [2.75, 3.05) is 4.72 Å². The van der Waals surface area contributed by atoms with Crippen LogP contribution in [0.15, 0.2) is 16.6 Å². The van der Waals surface area contributed by atoms with E-state index in [0.717, 1.165) is 4.47 Å². The predicted molar refractivity (Wildman–Crippen MR) is 50.0 cm³/mol. The van der Waals surface area contributed by atoms with Gasteiger partial charge in [0.15, 0.2) is 10.3 Å². The van der Waals surface area contributed by atoms with Gasteiger partial charge in [-0.15, -0.1) is 0 Å². The quantitative estimate of drug-likeness (QED) is 0.506. The van der Waals surface area contributed by atoms with Crippen LogP contribution in [0.2, 0.25) is 0 Å². The van der Waals surface area contributed by atoms with Gasteiger partial charge in [-0.1, -0.05) is 0 Å². The third-order valence-corrected chi connectivity index (χ3v) is 2.55. The molecular weight excluding hydrogens is 283 g/mol. The number of rotatable bonds is 2. The van der Waals surface area contributed by atoms with Crippen LogP contribution in [0.25, 0.3) is 0 Å². The third-order valence-electron chi connectivity index (χ3n) is 1.25. The molecule has 0 aliphatic rings. The summed E-state index contributed by atoms with van der Waals surface area (Å²) in [5.74, 6) is 0.0238. The van der Waals surface area contributed by atoms with Crippen molar-refractivity contribution in [2.45, 2.75) is 6.92 Å². The SMILES string of the molecule is Cc1nc(NS(=O)(=O)[O-])ccc1Br.[Na+]. The maximum Gasteiger partial charge on any atom is 1.00 e. The molecule has 0 aromatic carbocycles. The molecule has 1 aromatic heterocycles. The summed E-state index contributed by atoms with van der Waals surface area (Å²) in [4.78, 5) is 3.82. The van der Waals surface area contributed by atoms with Crippen LogP contribution in [0.4, 0.5) is 5.82 Å². The standard InChI is InChI=1S/C6H7BrN2O3S.Na/c1-4-5(7)2-3-6(8-4)9-13(10,11)12;/h2-3H,1H3,(H,8,9)(H,10,11,12);/q;+1/p-1. The number of nitrogens with zero attached hydrogens (tertiary/aromatic N) is 1. The summed E-state index contributed by atoms with van der Waals surface area (Å²) in [6.07, 6.45) is 0. The summed E-state index contributed by atoms with van der Waals surface area (Å²) in [7, 11) is -4.48. The molecule has 5 nitrogen and oxygen atoms in total. The van der Waals surface area contributed by atoms with Gasteiger partial charge in [-0.2, -0.15) is 0 Å². The van der Waals surface area contributed by atoms with Crippen LogP contribution < -0.4 is 34.3 Å². The first-order valence-electron chi connectivity index (χ1n) is 3.25. The maximum atomic E-state index is 10.3. The minimum absolute atomic E-state index is 0. The van der Waals surface area contributed by atoms with Crippen molar-refractivity contribution in [1.29, 1.82) is 0 Å². The zero-order valence-electron chi connectivity index (χ0n) is 7.61. The van der Waals surface area contributed by atoms with Crippen molar-refractivity contribution in [1.82, 2.24) is 4.98 Å². The van der Waals surface area contributed by atoms with Gasteiger partial charge in [0.1, 0.15) is 5.82 Å². The van der Waals surface area contributed by atoms with Crippen molar-refractivity contribution < 1.29 is 42.5 Å². The van der Waals surface area contributed by atoms with Crippen molar-refractivity contribution in [3.8, 4) is 0 Å². The third kappa shape index (κ3) is 4.72. The summed E-state index contributed by atoms with van der Waals surface area (Å²) in [5.41, 5.74) is 0.605. The van der Waals surface area contributed by atoms with Crippen molar-refractivity contribution in [3.05, 3.63) is 22.3 Å². The van der Waals surface area contributed by atoms with Gasteiger partial charge in [0.05, 0.1) is 5.69 Å². The molecule has 1 N–H and O–H groups in total. The molecular formula is C6H6BrN2NaO3S. The molecule has 1 rings (SSSR count). The Balaban J connectivity index is 0.00000169. The first-order chi connectivity index (χ1) is 5.88. The molecule has 0 atom stereocenters. The summed E-state index contributed by atoms with van der Waals surface area (Å²) in [6.45, 7) is 1.69. The molecule has 0 bridgehead atoms. The van der Waals surface area contributed by atoms with Crippen LogP contribution in [0.1, 0.15) is 5.69 Å². The number of pyridine rings is 1. The molecule has 72 valence electrons. The average molecular weight is 289 g/mol. The van der Waals surface area contributed by atoms with Crippen LogP contribution in [0.3, 0.4) is 0 Å². The number of nitrogens with one attached hydrogen (secondary N) is 1. The van der Waals surface area contributed by atoms with Crippen LogP contribution >= 0.6 is 15.9 Å². The Labute approximate surface area is 113 Å². The molecule has 0 amide bonds. The Morgan fingerprint density at radius 3 is 2.50 bits per heavy atom. The molecule has 0 saturated carbocycles. The number of aromatic nitrogens is 1. The van der Waals surface area contributed by atoms with Gasteiger partial charge in [0, 0.05) is 4.47 Å². The van der Waals surface area contributed by atoms with E-state index in [9.17, 15) is 13.0 Å². The first-order valence-corrected chi connectivity index (χ1v) is 5.45. The zero-order valence-corrected chi connectivity index (χ0v) is 12.0. The Hall–Kier alpha value is 0.340. The maximum absolute atomic E-state index is 10.3. The molecule has 0 aliphatic carbocycles. The molecule has 14 heavy (non-hydrogen) atoms. The molecule has 0 fully saturated rings. The van der Waals surface area contributed by atoms with E-state index in [4.69, 9.17) is 0 Å². The Morgan fingerprint density at radius 1 is 1.50 bits per heavy atom. The number of anilines is 1. The fraction of sp³-hybridized carbons (Fsp3) is 0.167. The van der Waals surface area contributed by atoms with Gasteiger partial charge in [-0.3, -0.25) is 4.72 Å². The second kappa shape index (κ2) is 5.43. The summed E-state index contributed by atoms with van der Waals surface area (Å²) in [5, 5.41) is 0. The van der Waals surface area contributed by atoms with E-state index < -0.39 is 10.3 Å². The normalized spacial score (nSPS) is 10.5. The van der Waals surface area contributed by atoms with Crippen molar-refractivity contribution in [3.63, 3.8) is 0 Å². The van der Waals surface area contributed by atoms with E-state index in [-0.39, 0.29) is 35.4 Å². The van der Waals surface area contributed by atoms with E-state index in [1.54, 1.807) is 17.7 Å². The molecule has 0 aliphatic heterocycles. The average Bonchev–Trinajstić information content (AvgIpc) is 1.94. The van der Waals surface area contributed by atoms with Gasteiger partial charge in [-0.25, -0.2) is 13.4 Å². The van der Waals surface area contributed by atoms with E-state index in [1.807, 2.05) is 0 Å².